The number of fused-ring (bicyclic) bond motifs is 1. The van der Waals surface area contributed by atoms with Crippen molar-refractivity contribution in [2.75, 3.05) is 20.6 Å². The van der Waals surface area contributed by atoms with E-state index in [0.717, 1.165) is 29.7 Å². The van der Waals surface area contributed by atoms with Crippen molar-refractivity contribution in [2.24, 2.45) is 0 Å². The van der Waals surface area contributed by atoms with Crippen LogP contribution >= 0.6 is 11.6 Å². The van der Waals surface area contributed by atoms with Gasteiger partial charge in [-0.25, -0.2) is 4.79 Å². The topological polar surface area (TPSA) is 30.2 Å². The zero-order valence-electron chi connectivity index (χ0n) is 13.4. The SMILES string of the molecule is CN(C)CCCn1c(=O)n(-c2ccc(Cl)cc2)c2ccccc21. The van der Waals surface area contributed by atoms with Crippen molar-refractivity contribution >= 4 is 22.6 Å². The fourth-order valence-corrected chi connectivity index (χ4v) is 2.94. The first-order valence-corrected chi connectivity index (χ1v) is 8.06. The minimum atomic E-state index is -0.00715. The zero-order chi connectivity index (χ0) is 16.4. The number of aromatic nitrogens is 2. The standard InChI is InChI=1S/C18H20ClN3O/c1-20(2)12-5-13-21-16-6-3-4-7-17(16)22(18(21)23)15-10-8-14(19)9-11-15/h3-4,6-11H,5,12-13H2,1-2H3. The second-order valence-corrected chi connectivity index (χ2v) is 6.33. The van der Waals surface area contributed by atoms with E-state index in [1.165, 1.54) is 0 Å². The summed E-state index contributed by atoms with van der Waals surface area (Å²) in [5, 5.41) is 0.663. The first-order valence-electron chi connectivity index (χ1n) is 7.69. The van der Waals surface area contributed by atoms with Crippen LogP contribution in [0.2, 0.25) is 5.02 Å². The highest BCUT2D eigenvalue weighted by atomic mass is 35.5. The van der Waals surface area contributed by atoms with Gasteiger partial charge in [-0.1, -0.05) is 23.7 Å². The summed E-state index contributed by atoms with van der Waals surface area (Å²) in [6.07, 6.45) is 0.932. The molecule has 0 amide bonds. The summed E-state index contributed by atoms with van der Waals surface area (Å²) in [4.78, 5) is 15.1. The molecule has 120 valence electrons. The Kier molecular flexibility index (Phi) is 4.55. The van der Waals surface area contributed by atoms with Crippen LogP contribution in [0.4, 0.5) is 0 Å². The molecule has 0 saturated heterocycles. The molecule has 0 unspecified atom stereocenters. The monoisotopic (exact) mass is 329 g/mol. The second kappa shape index (κ2) is 6.60. The van der Waals surface area contributed by atoms with Crippen LogP contribution in [-0.2, 0) is 6.54 Å². The highest BCUT2D eigenvalue weighted by Gasteiger charge is 2.13. The summed E-state index contributed by atoms with van der Waals surface area (Å²) in [5.74, 6) is 0. The number of para-hydroxylation sites is 2. The largest absolute Gasteiger partial charge is 0.333 e. The fraction of sp³-hybridized carbons (Fsp3) is 0.278. The first kappa shape index (κ1) is 15.8. The van der Waals surface area contributed by atoms with Gasteiger partial charge < -0.3 is 4.90 Å². The summed E-state index contributed by atoms with van der Waals surface area (Å²) in [7, 11) is 4.08. The van der Waals surface area contributed by atoms with Gasteiger partial charge in [0.05, 0.1) is 16.7 Å². The van der Waals surface area contributed by atoms with E-state index >= 15 is 0 Å². The Morgan fingerprint density at radius 2 is 1.65 bits per heavy atom. The Bertz CT molecular complexity index is 862. The molecule has 3 rings (SSSR count). The Morgan fingerprint density at radius 1 is 1.00 bits per heavy atom. The van der Waals surface area contributed by atoms with E-state index < -0.39 is 0 Å². The maximum Gasteiger partial charge on any atom is 0.333 e. The fourth-order valence-electron chi connectivity index (χ4n) is 2.81. The summed E-state index contributed by atoms with van der Waals surface area (Å²) in [6, 6.07) is 15.3. The molecule has 0 aliphatic carbocycles. The molecule has 0 atom stereocenters. The van der Waals surface area contributed by atoms with Crippen LogP contribution in [0.5, 0.6) is 0 Å². The third-order valence-electron chi connectivity index (χ3n) is 3.91. The van der Waals surface area contributed by atoms with Crippen molar-refractivity contribution in [2.45, 2.75) is 13.0 Å². The van der Waals surface area contributed by atoms with Crippen LogP contribution in [0.25, 0.3) is 16.7 Å². The number of imidazole rings is 1. The number of halogens is 1. The maximum atomic E-state index is 12.9. The summed E-state index contributed by atoms with van der Waals surface area (Å²) >= 11 is 5.96. The lowest BCUT2D eigenvalue weighted by Gasteiger charge is -2.09. The van der Waals surface area contributed by atoms with Gasteiger partial charge in [-0.3, -0.25) is 9.13 Å². The molecule has 0 aliphatic rings. The number of hydrogen-bond acceptors (Lipinski definition) is 2. The molecule has 0 bridgehead atoms. The molecular formula is C18H20ClN3O. The predicted octanol–water partition coefficient (Wildman–Crippen LogP) is 3.40. The Balaban J connectivity index is 2.10. The van der Waals surface area contributed by atoms with Crippen molar-refractivity contribution in [1.82, 2.24) is 14.0 Å². The van der Waals surface area contributed by atoms with Crippen LogP contribution in [0.3, 0.4) is 0 Å². The molecule has 2 aromatic carbocycles. The molecule has 1 heterocycles. The quantitative estimate of drug-likeness (QED) is 0.718. The Hall–Kier alpha value is -2.04. The molecule has 1 aromatic heterocycles. The molecule has 5 heteroatoms. The van der Waals surface area contributed by atoms with Gasteiger partial charge >= 0.3 is 5.69 Å². The van der Waals surface area contributed by atoms with E-state index in [1.54, 1.807) is 4.57 Å². The second-order valence-electron chi connectivity index (χ2n) is 5.89. The molecule has 0 spiro atoms. The summed E-state index contributed by atoms with van der Waals surface area (Å²) < 4.78 is 3.61. The first-order chi connectivity index (χ1) is 11.1. The minimum absolute atomic E-state index is 0.00715. The number of nitrogens with zero attached hydrogens (tertiary/aromatic N) is 3. The third-order valence-corrected chi connectivity index (χ3v) is 4.16. The van der Waals surface area contributed by atoms with Crippen LogP contribution in [-0.4, -0.2) is 34.7 Å². The lowest BCUT2D eigenvalue weighted by Crippen LogP contribution is -2.25. The molecule has 0 radical (unpaired) electrons. The van der Waals surface area contributed by atoms with Gasteiger partial charge in [-0.05, 0) is 63.5 Å². The molecule has 23 heavy (non-hydrogen) atoms. The Labute approximate surface area is 140 Å². The minimum Gasteiger partial charge on any atom is -0.309 e. The molecule has 3 aromatic rings. The van der Waals surface area contributed by atoms with Crippen molar-refractivity contribution in [3.8, 4) is 5.69 Å². The molecule has 4 nitrogen and oxygen atoms in total. The molecule has 0 fully saturated rings. The van der Waals surface area contributed by atoms with Crippen LogP contribution < -0.4 is 5.69 Å². The van der Waals surface area contributed by atoms with E-state index in [9.17, 15) is 4.79 Å². The van der Waals surface area contributed by atoms with Crippen molar-refractivity contribution in [3.63, 3.8) is 0 Å². The van der Waals surface area contributed by atoms with Crippen molar-refractivity contribution in [3.05, 3.63) is 64.0 Å². The highest BCUT2D eigenvalue weighted by Crippen LogP contribution is 2.19. The smallest absolute Gasteiger partial charge is 0.309 e. The van der Waals surface area contributed by atoms with Gasteiger partial charge in [0.1, 0.15) is 0 Å². The summed E-state index contributed by atoms with van der Waals surface area (Å²) in [6.45, 7) is 1.66. The number of aryl methyl sites for hydroxylation is 1. The van der Waals surface area contributed by atoms with Crippen molar-refractivity contribution in [1.29, 1.82) is 0 Å². The van der Waals surface area contributed by atoms with Crippen molar-refractivity contribution < 1.29 is 0 Å². The third kappa shape index (κ3) is 3.19. The van der Waals surface area contributed by atoms with Crippen LogP contribution in [0.15, 0.2) is 53.3 Å². The average molecular weight is 330 g/mol. The molecule has 0 saturated carbocycles. The number of rotatable bonds is 5. The van der Waals surface area contributed by atoms with Gasteiger partial charge in [-0.2, -0.15) is 0 Å². The predicted molar refractivity (Wildman–Crippen MR) is 95.7 cm³/mol. The van der Waals surface area contributed by atoms with E-state index in [2.05, 4.69) is 4.90 Å². The Morgan fingerprint density at radius 3 is 2.30 bits per heavy atom. The van der Waals surface area contributed by atoms with Gasteiger partial charge in [0.25, 0.3) is 0 Å². The summed E-state index contributed by atoms with van der Waals surface area (Å²) in [5.41, 5.74) is 2.71. The molecule has 0 aliphatic heterocycles. The number of hydrogen-bond donors (Lipinski definition) is 0. The average Bonchev–Trinajstić information content (AvgIpc) is 2.81. The van der Waals surface area contributed by atoms with Gasteiger partial charge in [0.2, 0.25) is 0 Å². The lowest BCUT2D eigenvalue weighted by atomic mass is 10.2. The highest BCUT2D eigenvalue weighted by molar-refractivity contribution is 6.30. The van der Waals surface area contributed by atoms with Gasteiger partial charge in [0.15, 0.2) is 0 Å². The van der Waals surface area contributed by atoms with E-state index in [1.807, 2.05) is 67.2 Å². The van der Waals surface area contributed by atoms with E-state index in [-0.39, 0.29) is 5.69 Å². The van der Waals surface area contributed by atoms with Crippen LogP contribution in [0.1, 0.15) is 6.42 Å². The van der Waals surface area contributed by atoms with E-state index in [0.29, 0.717) is 11.6 Å². The normalized spacial score (nSPS) is 11.5. The van der Waals surface area contributed by atoms with Gasteiger partial charge in [-0.15, -0.1) is 0 Å². The van der Waals surface area contributed by atoms with Gasteiger partial charge in [0, 0.05) is 11.6 Å². The maximum absolute atomic E-state index is 12.9. The number of benzene rings is 2. The molecule has 0 N–H and O–H groups in total. The van der Waals surface area contributed by atoms with Crippen LogP contribution in [0, 0.1) is 0 Å². The lowest BCUT2D eigenvalue weighted by molar-refractivity contribution is 0.386. The molecular weight excluding hydrogens is 310 g/mol. The zero-order valence-corrected chi connectivity index (χ0v) is 14.1. The van der Waals surface area contributed by atoms with E-state index in [4.69, 9.17) is 11.6 Å².